The molecule has 0 aliphatic carbocycles. The number of carbonyl (C=O) groups excluding carboxylic acids is 3. The molecule has 8 nitrogen and oxygen atoms in total. The monoisotopic (exact) mass is 368 g/mol. The number of phenolic OH excluding ortho intramolecular Hbond substituents is 2. The highest BCUT2D eigenvalue weighted by Crippen LogP contribution is 2.27. The van der Waals surface area contributed by atoms with Gasteiger partial charge >= 0.3 is 5.97 Å². The van der Waals surface area contributed by atoms with Crippen molar-refractivity contribution in [2.75, 3.05) is 11.6 Å². The number of rotatable bonds is 4. The number of nitrogens with zero attached hydrogens (tertiary/aromatic N) is 1. The van der Waals surface area contributed by atoms with Crippen LogP contribution in [0.4, 0.5) is 5.69 Å². The number of aromatic hydroxyl groups is 2. The van der Waals surface area contributed by atoms with Crippen LogP contribution >= 0.6 is 0 Å². The zero-order valence-electron chi connectivity index (χ0n) is 14.3. The first-order valence-electron chi connectivity index (χ1n) is 8.07. The molecule has 0 saturated carbocycles. The normalized spacial score (nSPS) is 15.1. The number of phenols is 2. The number of carbonyl (C=O) groups is 3. The highest BCUT2D eigenvalue weighted by atomic mass is 16.5. The van der Waals surface area contributed by atoms with Crippen LogP contribution in [0.15, 0.2) is 48.0 Å². The molecule has 1 aliphatic heterocycles. The standard InChI is InChI=1S/C19H16N2O6/c1-2-27-19(26)11-3-6-13(7-4-11)21-18(25)15(17(24)20-21)9-12-5-8-14(22)10-16(12)23/h3-10,22-23H,2H2,1H3,(H,20,24). The predicted octanol–water partition coefficient (Wildman–Crippen LogP) is 1.74. The summed E-state index contributed by atoms with van der Waals surface area (Å²) < 4.78 is 4.89. The summed E-state index contributed by atoms with van der Waals surface area (Å²) in [6.07, 6.45) is 1.24. The van der Waals surface area contributed by atoms with E-state index in [1.54, 1.807) is 6.92 Å². The minimum Gasteiger partial charge on any atom is -0.508 e. The van der Waals surface area contributed by atoms with Gasteiger partial charge in [-0.15, -0.1) is 0 Å². The average Bonchev–Trinajstić information content (AvgIpc) is 2.92. The number of esters is 1. The van der Waals surface area contributed by atoms with E-state index in [1.165, 1.54) is 42.5 Å². The number of ether oxygens (including phenoxy) is 1. The summed E-state index contributed by atoms with van der Waals surface area (Å²) >= 11 is 0. The molecule has 2 aromatic carbocycles. The zero-order valence-corrected chi connectivity index (χ0v) is 14.3. The molecule has 1 heterocycles. The number of amides is 2. The van der Waals surface area contributed by atoms with E-state index in [9.17, 15) is 24.6 Å². The van der Waals surface area contributed by atoms with Crippen LogP contribution in [0.1, 0.15) is 22.8 Å². The molecule has 0 spiro atoms. The van der Waals surface area contributed by atoms with Crippen LogP contribution in [0.25, 0.3) is 6.08 Å². The summed E-state index contributed by atoms with van der Waals surface area (Å²) in [7, 11) is 0. The second kappa shape index (κ2) is 7.20. The largest absolute Gasteiger partial charge is 0.508 e. The molecule has 1 aliphatic rings. The molecule has 1 fully saturated rings. The van der Waals surface area contributed by atoms with Gasteiger partial charge in [-0.25, -0.2) is 9.80 Å². The van der Waals surface area contributed by atoms with Crippen LogP contribution in [-0.2, 0) is 14.3 Å². The van der Waals surface area contributed by atoms with Gasteiger partial charge in [-0.1, -0.05) is 0 Å². The third kappa shape index (κ3) is 3.59. The van der Waals surface area contributed by atoms with Crippen LogP contribution < -0.4 is 10.4 Å². The van der Waals surface area contributed by atoms with E-state index in [4.69, 9.17) is 4.74 Å². The van der Waals surface area contributed by atoms with E-state index < -0.39 is 17.8 Å². The molecule has 2 amide bonds. The van der Waals surface area contributed by atoms with Crippen LogP contribution in [0.2, 0.25) is 0 Å². The Morgan fingerprint density at radius 1 is 1.15 bits per heavy atom. The number of nitrogens with one attached hydrogen (secondary N) is 1. The van der Waals surface area contributed by atoms with Crippen molar-refractivity contribution in [1.29, 1.82) is 0 Å². The van der Waals surface area contributed by atoms with Crippen molar-refractivity contribution >= 4 is 29.5 Å². The van der Waals surface area contributed by atoms with Gasteiger partial charge < -0.3 is 14.9 Å². The molecule has 0 unspecified atom stereocenters. The van der Waals surface area contributed by atoms with Crippen molar-refractivity contribution in [3.63, 3.8) is 0 Å². The van der Waals surface area contributed by atoms with Crippen molar-refractivity contribution in [3.05, 3.63) is 59.2 Å². The Labute approximate surface area is 154 Å². The van der Waals surface area contributed by atoms with Crippen molar-refractivity contribution in [2.45, 2.75) is 6.92 Å². The van der Waals surface area contributed by atoms with Gasteiger partial charge in [-0.3, -0.25) is 15.0 Å². The first-order valence-corrected chi connectivity index (χ1v) is 8.07. The average molecular weight is 368 g/mol. The molecule has 0 bridgehead atoms. The lowest BCUT2D eigenvalue weighted by Crippen LogP contribution is -2.35. The molecule has 138 valence electrons. The van der Waals surface area contributed by atoms with Crippen molar-refractivity contribution in [1.82, 2.24) is 5.43 Å². The maximum Gasteiger partial charge on any atom is 0.338 e. The quantitative estimate of drug-likeness (QED) is 0.430. The third-order valence-corrected chi connectivity index (χ3v) is 3.84. The number of hydrogen-bond donors (Lipinski definition) is 3. The molecule has 0 aromatic heterocycles. The van der Waals surface area contributed by atoms with Gasteiger partial charge in [0.2, 0.25) is 0 Å². The third-order valence-electron chi connectivity index (χ3n) is 3.84. The van der Waals surface area contributed by atoms with Crippen molar-refractivity contribution in [3.8, 4) is 11.5 Å². The molecular weight excluding hydrogens is 352 g/mol. The molecule has 0 radical (unpaired) electrons. The van der Waals surface area contributed by atoms with E-state index >= 15 is 0 Å². The maximum atomic E-state index is 12.6. The lowest BCUT2D eigenvalue weighted by atomic mass is 10.1. The van der Waals surface area contributed by atoms with Crippen molar-refractivity contribution in [2.24, 2.45) is 0 Å². The van der Waals surface area contributed by atoms with Crippen molar-refractivity contribution < 1.29 is 29.3 Å². The summed E-state index contributed by atoms with van der Waals surface area (Å²) in [5.74, 6) is -2.14. The van der Waals surface area contributed by atoms with Gasteiger partial charge in [0.25, 0.3) is 11.8 Å². The van der Waals surface area contributed by atoms with Crippen LogP contribution in [-0.4, -0.2) is 34.6 Å². The maximum absolute atomic E-state index is 12.6. The second-order valence-corrected chi connectivity index (χ2v) is 5.65. The lowest BCUT2D eigenvalue weighted by molar-refractivity contribution is -0.117. The molecule has 8 heteroatoms. The Morgan fingerprint density at radius 3 is 2.48 bits per heavy atom. The number of hydrogen-bond acceptors (Lipinski definition) is 6. The number of anilines is 1. The molecular formula is C19H16N2O6. The Kier molecular flexibility index (Phi) is 4.80. The Morgan fingerprint density at radius 2 is 1.85 bits per heavy atom. The highest BCUT2D eigenvalue weighted by molar-refractivity contribution is 6.31. The second-order valence-electron chi connectivity index (χ2n) is 5.65. The number of benzene rings is 2. The van der Waals surface area contributed by atoms with Gasteiger partial charge in [-0.05, 0) is 49.4 Å². The van der Waals surface area contributed by atoms with E-state index in [2.05, 4.69) is 5.43 Å². The van der Waals surface area contributed by atoms with E-state index in [0.29, 0.717) is 11.3 Å². The van der Waals surface area contributed by atoms with Crippen LogP contribution in [0.3, 0.4) is 0 Å². The summed E-state index contributed by atoms with van der Waals surface area (Å²) in [6, 6.07) is 9.80. The Hall–Kier alpha value is -3.81. The molecule has 3 rings (SSSR count). The minimum absolute atomic E-state index is 0.139. The zero-order chi connectivity index (χ0) is 19.6. The molecule has 3 N–H and O–H groups in total. The fourth-order valence-corrected chi connectivity index (χ4v) is 2.51. The summed E-state index contributed by atoms with van der Waals surface area (Å²) in [5.41, 5.74) is 3.15. The fraction of sp³-hybridized carbons (Fsp3) is 0.105. The van der Waals surface area contributed by atoms with E-state index in [0.717, 1.165) is 11.1 Å². The Bertz CT molecular complexity index is 949. The molecule has 2 aromatic rings. The summed E-state index contributed by atoms with van der Waals surface area (Å²) in [4.78, 5) is 36.4. The van der Waals surface area contributed by atoms with Gasteiger partial charge in [0.05, 0.1) is 17.9 Å². The predicted molar refractivity (Wildman–Crippen MR) is 95.8 cm³/mol. The SMILES string of the molecule is CCOC(=O)c1ccc(N2NC(=O)C(=Cc3ccc(O)cc3O)C2=O)cc1. The first-order chi connectivity index (χ1) is 12.9. The number of hydrazine groups is 1. The van der Waals surface area contributed by atoms with Gasteiger partial charge in [-0.2, -0.15) is 0 Å². The van der Waals surface area contributed by atoms with E-state index in [1.807, 2.05) is 0 Å². The van der Waals surface area contributed by atoms with Gasteiger partial charge in [0, 0.05) is 11.6 Å². The molecule has 27 heavy (non-hydrogen) atoms. The van der Waals surface area contributed by atoms with Crippen LogP contribution in [0, 0.1) is 0 Å². The topological polar surface area (TPSA) is 116 Å². The minimum atomic E-state index is -0.637. The lowest BCUT2D eigenvalue weighted by Gasteiger charge is -2.14. The highest BCUT2D eigenvalue weighted by Gasteiger charge is 2.34. The van der Waals surface area contributed by atoms with E-state index in [-0.39, 0.29) is 29.2 Å². The molecule has 0 atom stereocenters. The smallest absolute Gasteiger partial charge is 0.338 e. The summed E-state index contributed by atoms with van der Waals surface area (Å²) in [6.45, 7) is 1.95. The Balaban J connectivity index is 1.85. The van der Waals surface area contributed by atoms with Gasteiger partial charge in [0.15, 0.2) is 0 Å². The first kappa shape index (κ1) is 18.0. The summed E-state index contributed by atoms with van der Waals surface area (Å²) in [5, 5.41) is 20.2. The van der Waals surface area contributed by atoms with Gasteiger partial charge in [0.1, 0.15) is 17.1 Å². The molecule has 1 saturated heterocycles. The fourth-order valence-electron chi connectivity index (χ4n) is 2.51. The van der Waals surface area contributed by atoms with Crippen LogP contribution in [0.5, 0.6) is 11.5 Å².